The molecule has 1 aliphatic rings. The molecule has 3 rings (SSSR count). The number of aryl methyl sites for hydroxylation is 1. The number of benzene rings is 1. The zero-order valence-corrected chi connectivity index (χ0v) is 13.2. The van der Waals surface area contributed by atoms with Crippen molar-refractivity contribution in [2.75, 3.05) is 17.7 Å². The van der Waals surface area contributed by atoms with E-state index in [2.05, 4.69) is 36.0 Å². The molecule has 0 amide bonds. The standard InChI is InChI=1S/C16H23N3S/c1-11-18-14-10-15(13(17)9-16(14)20-11)19(2)12-7-5-3-4-6-8-12/h9-10,12H,3-8,17H2,1-2H3. The highest BCUT2D eigenvalue weighted by molar-refractivity contribution is 7.18. The Morgan fingerprint density at radius 3 is 2.60 bits per heavy atom. The predicted molar refractivity (Wildman–Crippen MR) is 88.7 cm³/mol. The van der Waals surface area contributed by atoms with Crippen LogP contribution in [0.1, 0.15) is 43.5 Å². The summed E-state index contributed by atoms with van der Waals surface area (Å²) >= 11 is 1.72. The van der Waals surface area contributed by atoms with Crippen LogP contribution < -0.4 is 10.6 Å². The Morgan fingerprint density at radius 1 is 1.20 bits per heavy atom. The molecule has 1 fully saturated rings. The number of hydrogen-bond donors (Lipinski definition) is 1. The van der Waals surface area contributed by atoms with Gasteiger partial charge in [0, 0.05) is 13.1 Å². The van der Waals surface area contributed by atoms with Gasteiger partial charge in [0.1, 0.15) is 0 Å². The second kappa shape index (κ2) is 5.60. The molecule has 1 saturated carbocycles. The van der Waals surface area contributed by atoms with Crippen molar-refractivity contribution >= 4 is 32.9 Å². The van der Waals surface area contributed by atoms with E-state index in [1.807, 2.05) is 0 Å². The number of nitrogens with two attached hydrogens (primary N) is 1. The lowest BCUT2D eigenvalue weighted by atomic mass is 10.1. The highest BCUT2D eigenvalue weighted by Gasteiger charge is 2.19. The van der Waals surface area contributed by atoms with E-state index in [4.69, 9.17) is 5.73 Å². The quantitative estimate of drug-likeness (QED) is 0.660. The first kappa shape index (κ1) is 13.7. The van der Waals surface area contributed by atoms with Crippen LogP contribution in [0.25, 0.3) is 10.2 Å². The fourth-order valence-electron chi connectivity index (χ4n) is 3.24. The molecule has 0 atom stereocenters. The van der Waals surface area contributed by atoms with E-state index in [0.717, 1.165) is 21.9 Å². The van der Waals surface area contributed by atoms with Crippen LogP contribution >= 0.6 is 11.3 Å². The molecular weight excluding hydrogens is 266 g/mol. The van der Waals surface area contributed by atoms with Crippen LogP contribution in [0.4, 0.5) is 11.4 Å². The smallest absolute Gasteiger partial charge is 0.0907 e. The number of aromatic nitrogens is 1. The van der Waals surface area contributed by atoms with Crippen molar-refractivity contribution < 1.29 is 0 Å². The molecule has 0 unspecified atom stereocenters. The first-order chi connectivity index (χ1) is 9.65. The minimum absolute atomic E-state index is 0.622. The summed E-state index contributed by atoms with van der Waals surface area (Å²) in [6, 6.07) is 4.87. The molecule has 0 bridgehead atoms. The Hall–Kier alpha value is -1.29. The summed E-state index contributed by atoms with van der Waals surface area (Å²) < 4.78 is 1.19. The van der Waals surface area contributed by atoms with Crippen molar-refractivity contribution in [3.05, 3.63) is 17.1 Å². The van der Waals surface area contributed by atoms with Gasteiger partial charge in [0.05, 0.1) is 26.6 Å². The van der Waals surface area contributed by atoms with Gasteiger partial charge in [-0.15, -0.1) is 11.3 Å². The van der Waals surface area contributed by atoms with Gasteiger partial charge in [-0.05, 0) is 31.9 Å². The van der Waals surface area contributed by atoms with Crippen LogP contribution in [0.3, 0.4) is 0 Å². The van der Waals surface area contributed by atoms with E-state index in [1.165, 1.54) is 43.2 Å². The van der Waals surface area contributed by atoms with Gasteiger partial charge in [0.25, 0.3) is 0 Å². The van der Waals surface area contributed by atoms with Crippen LogP contribution in [-0.4, -0.2) is 18.1 Å². The Labute approximate surface area is 124 Å². The second-order valence-electron chi connectivity index (χ2n) is 5.87. The van der Waals surface area contributed by atoms with Crippen LogP contribution in [0.15, 0.2) is 12.1 Å². The van der Waals surface area contributed by atoms with Crippen LogP contribution in [0.2, 0.25) is 0 Å². The number of nitrogen functional groups attached to an aromatic ring is 1. The van der Waals surface area contributed by atoms with Crippen molar-refractivity contribution in [1.82, 2.24) is 4.98 Å². The van der Waals surface area contributed by atoms with Gasteiger partial charge in [-0.1, -0.05) is 25.7 Å². The summed E-state index contributed by atoms with van der Waals surface area (Å²) in [5.41, 5.74) is 9.39. The van der Waals surface area contributed by atoms with E-state index in [1.54, 1.807) is 11.3 Å². The molecule has 1 heterocycles. The largest absolute Gasteiger partial charge is 0.397 e. The monoisotopic (exact) mass is 289 g/mol. The maximum absolute atomic E-state index is 6.28. The number of thiazole rings is 1. The second-order valence-corrected chi connectivity index (χ2v) is 7.10. The minimum atomic E-state index is 0.622. The molecule has 1 aliphatic carbocycles. The number of anilines is 2. The Balaban J connectivity index is 1.93. The highest BCUT2D eigenvalue weighted by atomic mass is 32.1. The van der Waals surface area contributed by atoms with Gasteiger partial charge in [0.15, 0.2) is 0 Å². The summed E-state index contributed by atoms with van der Waals surface area (Å²) in [5, 5.41) is 1.11. The summed E-state index contributed by atoms with van der Waals surface area (Å²) in [7, 11) is 2.19. The molecule has 0 spiro atoms. The van der Waals surface area contributed by atoms with Gasteiger partial charge in [-0.3, -0.25) is 0 Å². The number of nitrogens with zero attached hydrogens (tertiary/aromatic N) is 2. The first-order valence-electron chi connectivity index (χ1n) is 7.54. The molecule has 0 aliphatic heterocycles. The lowest BCUT2D eigenvalue weighted by Gasteiger charge is -2.30. The zero-order chi connectivity index (χ0) is 14.1. The van der Waals surface area contributed by atoms with Gasteiger partial charge in [0.2, 0.25) is 0 Å². The minimum Gasteiger partial charge on any atom is -0.397 e. The molecule has 3 nitrogen and oxygen atoms in total. The molecule has 20 heavy (non-hydrogen) atoms. The summed E-state index contributed by atoms with van der Waals surface area (Å²) in [4.78, 5) is 6.98. The van der Waals surface area contributed by atoms with E-state index in [0.29, 0.717) is 6.04 Å². The van der Waals surface area contributed by atoms with Crippen molar-refractivity contribution in [1.29, 1.82) is 0 Å². The third-order valence-corrected chi connectivity index (χ3v) is 5.33. The molecule has 0 radical (unpaired) electrons. The van der Waals surface area contributed by atoms with Crippen molar-refractivity contribution in [3.8, 4) is 0 Å². The molecule has 1 aromatic carbocycles. The molecule has 0 saturated heterocycles. The van der Waals surface area contributed by atoms with Crippen molar-refractivity contribution in [3.63, 3.8) is 0 Å². The normalized spacial score (nSPS) is 17.3. The van der Waals surface area contributed by atoms with Gasteiger partial charge in [-0.2, -0.15) is 0 Å². The molecule has 108 valence electrons. The number of rotatable bonds is 2. The summed E-state index contributed by atoms with van der Waals surface area (Å²) in [5.74, 6) is 0. The maximum Gasteiger partial charge on any atom is 0.0907 e. The fraction of sp³-hybridized carbons (Fsp3) is 0.562. The molecule has 2 aromatic rings. The van der Waals surface area contributed by atoms with Crippen molar-refractivity contribution in [2.24, 2.45) is 0 Å². The first-order valence-corrected chi connectivity index (χ1v) is 8.36. The van der Waals surface area contributed by atoms with Gasteiger partial charge < -0.3 is 10.6 Å². The van der Waals surface area contributed by atoms with E-state index in [9.17, 15) is 0 Å². The van der Waals surface area contributed by atoms with Crippen LogP contribution in [0.5, 0.6) is 0 Å². The Kier molecular flexibility index (Phi) is 3.83. The predicted octanol–water partition coefficient (Wildman–Crippen LogP) is 4.35. The average Bonchev–Trinajstić information content (AvgIpc) is 2.64. The molecule has 1 aromatic heterocycles. The molecule has 4 heteroatoms. The van der Waals surface area contributed by atoms with Crippen LogP contribution in [0, 0.1) is 6.92 Å². The lowest BCUT2D eigenvalue weighted by Crippen LogP contribution is -2.31. The highest BCUT2D eigenvalue weighted by Crippen LogP contribution is 2.34. The van der Waals surface area contributed by atoms with Gasteiger partial charge in [-0.25, -0.2) is 4.98 Å². The van der Waals surface area contributed by atoms with Crippen LogP contribution in [-0.2, 0) is 0 Å². The Morgan fingerprint density at radius 2 is 1.90 bits per heavy atom. The van der Waals surface area contributed by atoms with E-state index < -0.39 is 0 Å². The third-order valence-electron chi connectivity index (χ3n) is 4.40. The molecule has 2 N–H and O–H groups in total. The molecular formula is C16H23N3S. The SMILES string of the molecule is Cc1nc2cc(N(C)C3CCCCCC3)c(N)cc2s1. The number of fused-ring (bicyclic) bond motifs is 1. The fourth-order valence-corrected chi connectivity index (χ4v) is 4.10. The maximum atomic E-state index is 6.28. The summed E-state index contributed by atoms with van der Waals surface area (Å²) in [6.07, 6.45) is 8.00. The zero-order valence-electron chi connectivity index (χ0n) is 12.4. The van der Waals surface area contributed by atoms with E-state index >= 15 is 0 Å². The van der Waals surface area contributed by atoms with Crippen molar-refractivity contribution in [2.45, 2.75) is 51.5 Å². The number of hydrogen-bond acceptors (Lipinski definition) is 4. The average molecular weight is 289 g/mol. The third kappa shape index (κ3) is 2.62. The van der Waals surface area contributed by atoms with Gasteiger partial charge >= 0.3 is 0 Å². The lowest BCUT2D eigenvalue weighted by molar-refractivity contribution is 0.553. The van der Waals surface area contributed by atoms with E-state index in [-0.39, 0.29) is 0 Å². The Bertz CT molecular complexity index is 597. The topological polar surface area (TPSA) is 42.2 Å². The summed E-state index contributed by atoms with van der Waals surface area (Å²) in [6.45, 7) is 2.05.